The van der Waals surface area contributed by atoms with Crippen molar-refractivity contribution in [2.24, 2.45) is 0 Å². The van der Waals surface area contributed by atoms with Crippen LogP contribution in [0.1, 0.15) is 18.4 Å². The van der Waals surface area contributed by atoms with Crippen molar-refractivity contribution in [2.75, 3.05) is 29.9 Å². The lowest BCUT2D eigenvalue weighted by Gasteiger charge is -2.38. The van der Waals surface area contributed by atoms with E-state index in [0.29, 0.717) is 25.5 Å². The molecule has 2 aliphatic rings. The van der Waals surface area contributed by atoms with Gasteiger partial charge in [0.05, 0.1) is 0 Å². The fraction of sp³-hybridized carbons (Fsp3) is 0.368. The van der Waals surface area contributed by atoms with Crippen molar-refractivity contribution in [1.82, 2.24) is 14.9 Å². The number of carbonyl (C=O) groups excluding carboxylic acids is 1. The van der Waals surface area contributed by atoms with Crippen LogP contribution in [0.2, 0.25) is 0 Å². The Morgan fingerprint density at radius 1 is 1.18 bits per heavy atom. The molecule has 9 nitrogen and oxygen atoms in total. The first-order chi connectivity index (χ1) is 13.6. The van der Waals surface area contributed by atoms with Crippen molar-refractivity contribution in [1.29, 1.82) is 0 Å². The number of nitrogens with zero attached hydrogens (tertiary/aromatic N) is 4. The van der Waals surface area contributed by atoms with Gasteiger partial charge in [0.2, 0.25) is 5.88 Å². The summed E-state index contributed by atoms with van der Waals surface area (Å²) in [4.78, 5) is 35.4. The molecular weight excluding hydrogens is 362 g/mol. The summed E-state index contributed by atoms with van der Waals surface area (Å²) in [5.74, 6) is 0.627. The minimum Gasteiger partial charge on any atom is -0.449 e. The lowest BCUT2D eigenvalue weighted by Crippen LogP contribution is -2.49. The maximum atomic E-state index is 12.7. The number of amides is 2. The minimum atomic E-state index is -1.41. The average molecular weight is 383 g/mol. The van der Waals surface area contributed by atoms with E-state index in [2.05, 4.69) is 24.9 Å². The Morgan fingerprint density at radius 2 is 1.96 bits per heavy atom. The summed E-state index contributed by atoms with van der Waals surface area (Å²) in [6.45, 7) is 2.12. The van der Waals surface area contributed by atoms with E-state index in [1.165, 1.54) is 12.4 Å². The van der Waals surface area contributed by atoms with Crippen molar-refractivity contribution in [3.63, 3.8) is 0 Å². The lowest BCUT2D eigenvalue weighted by atomic mass is 10.0. The van der Waals surface area contributed by atoms with E-state index >= 15 is 0 Å². The molecule has 4 rings (SSSR count). The van der Waals surface area contributed by atoms with E-state index in [9.17, 15) is 9.59 Å². The number of fused-ring (bicyclic) bond motifs is 1. The fourth-order valence-electron chi connectivity index (χ4n) is 3.79. The normalized spacial score (nSPS) is 17.5. The van der Waals surface area contributed by atoms with Crippen LogP contribution in [0.3, 0.4) is 0 Å². The van der Waals surface area contributed by atoms with Crippen molar-refractivity contribution in [3.05, 3.63) is 42.2 Å². The number of hydrogen-bond donors (Lipinski definition) is 2. The van der Waals surface area contributed by atoms with Gasteiger partial charge in [0, 0.05) is 37.4 Å². The van der Waals surface area contributed by atoms with Crippen LogP contribution in [0.5, 0.6) is 5.88 Å². The number of nitrogens with one attached hydrogen (secondary N) is 1. The predicted molar refractivity (Wildman–Crippen MR) is 102 cm³/mol. The van der Waals surface area contributed by atoms with E-state index in [1.54, 1.807) is 0 Å². The highest BCUT2D eigenvalue weighted by Gasteiger charge is 2.30. The second kappa shape index (κ2) is 7.71. The summed E-state index contributed by atoms with van der Waals surface area (Å²) >= 11 is 0. The number of rotatable bonds is 3. The van der Waals surface area contributed by atoms with Gasteiger partial charge in [-0.15, -0.1) is 0 Å². The molecule has 0 saturated carbocycles. The lowest BCUT2D eigenvalue weighted by molar-refractivity contribution is 0.142. The highest BCUT2D eigenvalue weighted by molar-refractivity contribution is 5.91. The van der Waals surface area contributed by atoms with Crippen LogP contribution >= 0.6 is 0 Å². The van der Waals surface area contributed by atoms with Gasteiger partial charge in [-0.3, -0.25) is 0 Å². The molecule has 0 atom stereocenters. The maximum Gasteiger partial charge on any atom is 0.512 e. The van der Waals surface area contributed by atoms with Gasteiger partial charge in [-0.1, -0.05) is 18.2 Å². The summed E-state index contributed by atoms with van der Waals surface area (Å²) in [5.41, 5.74) is 2.04. The number of urea groups is 1. The molecule has 1 fully saturated rings. The molecule has 1 aromatic carbocycles. The summed E-state index contributed by atoms with van der Waals surface area (Å²) in [5, 5.41) is 11.7. The SMILES string of the molecule is O=C(O)Oc1cc(N2CCC(N3CCc4ccccc4NC3=O)CC2)ncn1. The number of para-hydroxylation sites is 1. The molecule has 3 heterocycles. The Kier molecular flexibility index (Phi) is 4.96. The predicted octanol–water partition coefficient (Wildman–Crippen LogP) is 2.59. The highest BCUT2D eigenvalue weighted by Crippen LogP contribution is 2.26. The molecule has 0 spiro atoms. The maximum absolute atomic E-state index is 12.7. The second-order valence-electron chi connectivity index (χ2n) is 6.83. The van der Waals surface area contributed by atoms with Gasteiger partial charge in [-0.05, 0) is 30.9 Å². The average Bonchev–Trinajstić information content (AvgIpc) is 2.86. The molecule has 2 aromatic rings. The molecule has 1 saturated heterocycles. The Labute approximate surface area is 162 Å². The molecule has 0 unspecified atom stereocenters. The third kappa shape index (κ3) is 3.83. The fourth-order valence-corrected chi connectivity index (χ4v) is 3.79. The van der Waals surface area contributed by atoms with E-state index in [-0.39, 0.29) is 18.0 Å². The molecule has 2 N–H and O–H groups in total. The molecule has 0 radical (unpaired) electrons. The first kappa shape index (κ1) is 18.0. The van der Waals surface area contributed by atoms with Gasteiger partial charge in [0.25, 0.3) is 0 Å². The van der Waals surface area contributed by atoms with Gasteiger partial charge in [0.15, 0.2) is 0 Å². The van der Waals surface area contributed by atoms with Crippen LogP contribution in [-0.2, 0) is 6.42 Å². The number of ether oxygens (including phenoxy) is 1. The number of benzene rings is 1. The monoisotopic (exact) mass is 383 g/mol. The third-order valence-corrected chi connectivity index (χ3v) is 5.19. The zero-order valence-electron chi connectivity index (χ0n) is 15.2. The van der Waals surface area contributed by atoms with Crippen LogP contribution in [0.15, 0.2) is 36.7 Å². The molecule has 2 aliphatic heterocycles. The first-order valence-electron chi connectivity index (χ1n) is 9.23. The van der Waals surface area contributed by atoms with E-state index in [1.807, 2.05) is 29.2 Å². The Morgan fingerprint density at radius 3 is 2.75 bits per heavy atom. The molecule has 1 aromatic heterocycles. The second-order valence-corrected chi connectivity index (χ2v) is 6.83. The van der Waals surface area contributed by atoms with E-state index in [0.717, 1.165) is 30.5 Å². The van der Waals surface area contributed by atoms with Crippen molar-refractivity contribution < 1.29 is 19.4 Å². The zero-order chi connectivity index (χ0) is 19.5. The van der Waals surface area contributed by atoms with Crippen LogP contribution in [0, 0.1) is 0 Å². The molecular formula is C19H21N5O4. The quantitative estimate of drug-likeness (QED) is 0.784. The topological polar surface area (TPSA) is 108 Å². The zero-order valence-corrected chi connectivity index (χ0v) is 15.2. The van der Waals surface area contributed by atoms with Gasteiger partial charge in [0.1, 0.15) is 12.1 Å². The van der Waals surface area contributed by atoms with Crippen LogP contribution in [0.4, 0.5) is 21.1 Å². The number of piperidine rings is 1. The van der Waals surface area contributed by atoms with Crippen LogP contribution in [0.25, 0.3) is 0 Å². The van der Waals surface area contributed by atoms with Crippen molar-refractivity contribution in [3.8, 4) is 5.88 Å². The van der Waals surface area contributed by atoms with Crippen molar-refractivity contribution >= 4 is 23.7 Å². The number of carbonyl (C=O) groups is 2. The minimum absolute atomic E-state index is 0.00397. The van der Waals surface area contributed by atoms with Gasteiger partial charge in [-0.2, -0.15) is 0 Å². The molecule has 28 heavy (non-hydrogen) atoms. The van der Waals surface area contributed by atoms with Crippen LogP contribution < -0.4 is 15.0 Å². The molecule has 146 valence electrons. The standard InChI is InChI=1S/C19H21N5O4/c25-18-22-15-4-2-1-3-13(15)5-10-24(18)14-6-8-23(9-7-14)16-11-17(21-12-20-16)28-19(26)27/h1-4,11-12,14H,5-10H2,(H,22,25)(H,26,27). The Hall–Kier alpha value is -3.36. The highest BCUT2D eigenvalue weighted by atomic mass is 16.7. The molecule has 2 amide bonds. The van der Waals surface area contributed by atoms with Crippen LogP contribution in [-0.4, -0.2) is 57.8 Å². The third-order valence-electron chi connectivity index (χ3n) is 5.19. The summed E-state index contributed by atoms with van der Waals surface area (Å²) < 4.78 is 4.60. The largest absolute Gasteiger partial charge is 0.512 e. The summed E-state index contributed by atoms with van der Waals surface area (Å²) in [6.07, 6.45) is 2.33. The number of aromatic nitrogens is 2. The van der Waals surface area contributed by atoms with Crippen molar-refractivity contribution in [2.45, 2.75) is 25.3 Å². The molecule has 0 bridgehead atoms. The van der Waals surface area contributed by atoms with E-state index < -0.39 is 6.16 Å². The van der Waals surface area contributed by atoms with Gasteiger partial charge in [-0.25, -0.2) is 19.6 Å². The summed E-state index contributed by atoms with van der Waals surface area (Å²) in [7, 11) is 0. The number of hydrogen-bond acceptors (Lipinski definition) is 6. The molecule has 0 aliphatic carbocycles. The Bertz CT molecular complexity index is 882. The number of carboxylic acid groups (broad SMARTS) is 1. The molecule has 9 heteroatoms. The smallest absolute Gasteiger partial charge is 0.449 e. The van der Waals surface area contributed by atoms with Gasteiger partial charge >= 0.3 is 12.2 Å². The first-order valence-corrected chi connectivity index (χ1v) is 9.23. The van der Waals surface area contributed by atoms with Gasteiger partial charge < -0.3 is 25.0 Å². The Balaban J connectivity index is 1.39. The van der Waals surface area contributed by atoms with E-state index in [4.69, 9.17) is 5.11 Å². The summed E-state index contributed by atoms with van der Waals surface area (Å²) in [6, 6.07) is 9.52. The number of anilines is 2.